The Hall–Kier alpha value is -4.02. The van der Waals surface area contributed by atoms with Gasteiger partial charge in [0.05, 0.1) is 21.5 Å². The summed E-state index contributed by atoms with van der Waals surface area (Å²) in [4.78, 5) is 40.8. The third-order valence-electron chi connectivity index (χ3n) is 5.40. The van der Waals surface area contributed by atoms with E-state index in [1.807, 2.05) is 19.1 Å². The van der Waals surface area contributed by atoms with E-state index in [-0.39, 0.29) is 21.7 Å². The fourth-order valence-corrected chi connectivity index (χ4v) is 4.07. The number of nitrogens with two attached hydrogens (primary N) is 1. The van der Waals surface area contributed by atoms with Crippen LogP contribution in [0, 0.1) is 6.92 Å². The summed E-state index contributed by atoms with van der Waals surface area (Å²) in [7, 11) is -3.75. The zero-order valence-corrected chi connectivity index (χ0v) is 19.1. The number of amides is 1. The first-order valence-electron chi connectivity index (χ1n) is 10.4. The van der Waals surface area contributed by atoms with Crippen LogP contribution in [0.1, 0.15) is 21.5 Å². The molecule has 0 aliphatic carbocycles. The average Bonchev–Trinajstić information content (AvgIpc) is 2.79. The van der Waals surface area contributed by atoms with Crippen LogP contribution in [0.4, 0.5) is 0 Å². The largest absolute Gasteiger partial charge is 0.352 e. The fourth-order valence-electron chi connectivity index (χ4n) is 3.56. The second kappa shape index (κ2) is 9.08. The number of aromatic amines is 1. The standard InChI is InChI=1S/C24H22N4O5S/c1-15-2-7-18(8-3-15)28-23(30)20-11-6-17(14-21(20)27-24(28)31)22(29)26-13-12-16-4-9-19(10-5-16)34(25,32)33/h2-11,14H,12-13H2,1H3,(H,26,29)(H,27,31)(H2,25,32,33). The monoisotopic (exact) mass is 478 g/mol. The number of carbonyl (C=O) groups is 1. The quantitative estimate of drug-likeness (QED) is 0.386. The predicted molar refractivity (Wildman–Crippen MR) is 129 cm³/mol. The highest BCUT2D eigenvalue weighted by Gasteiger charge is 2.13. The number of fused-ring (bicyclic) bond motifs is 1. The molecular weight excluding hydrogens is 456 g/mol. The summed E-state index contributed by atoms with van der Waals surface area (Å²) >= 11 is 0. The first-order chi connectivity index (χ1) is 16.1. The normalized spacial score (nSPS) is 11.5. The minimum Gasteiger partial charge on any atom is -0.352 e. The minimum atomic E-state index is -3.75. The summed E-state index contributed by atoms with van der Waals surface area (Å²) in [6.07, 6.45) is 0.475. The summed E-state index contributed by atoms with van der Waals surface area (Å²) in [6.45, 7) is 2.21. The molecule has 0 atom stereocenters. The molecular formula is C24H22N4O5S. The van der Waals surface area contributed by atoms with Gasteiger partial charge in [-0.2, -0.15) is 0 Å². The van der Waals surface area contributed by atoms with Crippen molar-refractivity contribution in [3.8, 4) is 5.69 Å². The maximum Gasteiger partial charge on any atom is 0.333 e. The highest BCUT2D eigenvalue weighted by Crippen LogP contribution is 2.12. The molecule has 0 aliphatic rings. The first-order valence-corrected chi connectivity index (χ1v) is 11.9. The summed E-state index contributed by atoms with van der Waals surface area (Å²) < 4.78 is 23.7. The number of carbonyl (C=O) groups excluding carboxylic acids is 1. The Bertz CT molecular complexity index is 1600. The van der Waals surface area contributed by atoms with Gasteiger partial charge in [-0.3, -0.25) is 9.59 Å². The zero-order valence-electron chi connectivity index (χ0n) is 18.2. The Morgan fingerprint density at radius 2 is 1.68 bits per heavy atom. The minimum absolute atomic E-state index is 0.0203. The average molecular weight is 479 g/mol. The SMILES string of the molecule is Cc1ccc(-n2c(=O)[nH]c3cc(C(=O)NCCc4ccc(S(N)(=O)=O)cc4)ccc3c2=O)cc1. The fraction of sp³-hybridized carbons (Fsp3) is 0.125. The molecule has 0 saturated carbocycles. The molecule has 3 aromatic carbocycles. The van der Waals surface area contributed by atoms with Gasteiger partial charge >= 0.3 is 5.69 Å². The highest BCUT2D eigenvalue weighted by atomic mass is 32.2. The number of H-pyrrole nitrogens is 1. The van der Waals surface area contributed by atoms with E-state index < -0.39 is 21.3 Å². The van der Waals surface area contributed by atoms with Crippen molar-refractivity contribution in [3.63, 3.8) is 0 Å². The van der Waals surface area contributed by atoms with Crippen molar-refractivity contribution in [2.75, 3.05) is 6.54 Å². The van der Waals surface area contributed by atoms with Gasteiger partial charge in [-0.25, -0.2) is 22.9 Å². The lowest BCUT2D eigenvalue weighted by Crippen LogP contribution is -2.33. The smallest absolute Gasteiger partial charge is 0.333 e. The van der Waals surface area contributed by atoms with Gasteiger partial charge in [-0.15, -0.1) is 0 Å². The van der Waals surface area contributed by atoms with Crippen molar-refractivity contribution in [2.45, 2.75) is 18.2 Å². The Labute approximate surface area is 194 Å². The maximum atomic E-state index is 12.9. The van der Waals surface area contributed by atoms with E-state index in [0.717, 1.165) is 15.7 Å². The maximum absolute atomic E-state index is 12.9. The third kappa shape index (κ3) is 4.82. The van der Waals surface area contributed by atoms with Crippen LogP contribution < -0.4 is 21.7 Å². The number of rotatable bonds is 6. The van der Waals surface area contributed by atoms with E-state index >= 15 is 0 Å². The van der Waals surface area contributed by atoms with Gasteiger partial charge < -0.3 is 10.3 Å². The molecule has 9 nitrogen and oxygen atoms in total. The molecule has 1 amide bonds. The lowest BCUT2D eigenvalue weighted by Gasteiger charge is -2.09. The molecule has 4 rings (SSSR count). The van der Waals surface area contributed by atoms with E-state index in [2.05, 4.69) is 10.3 Å². The van der Waals surface area contributed by atoms with Crippen molar-refractivity contribution in [2.24, 2.45) is 5.14 Å². The molecule has 34 heavy (non-hydrogen) atoms. The van der Waals surface area contributed by atoms with E-state index in [1.54, 1.807) is 24.3 Å². The molecule has 4 aromatic rings. The summed E-state index contributed by atoms with van der Waals surface area (Å²) in [5.74, 6) is -0.369. The van der Waals surface area contributed by atoms with Crippen molar-refractivity contribution < 1.29 is 13.2 Å². The number of nitrogens with one attached hydrogen (secondary N) is 2. The molecule has 10 heteroatoms. The van der Waals surface area contributed by atoms with Gasteiger partial charge in [0.15, 0.2) is 0 Å². The Balaban J connectivity index is 1.50. The van der Waals surface area contributed by atoms with Crippen LogP contribution in [0.2, 0.25) is 0 Å². The molecule has 0 fully saturated rings. The van der Waals surface area contributed by atoms with Gasteiger partial charge in [0.2, 0.25) is 10.0 Å². The lowest BCUT2D eigenvalue weighted by molar-refractivity contribution is 0.0954. The van der Waals surface area contributed by atoms with Crippen LogP contribution in [-0.4, -0.2) is 30.4 Å². The highest BCUT2D eigenvalue weighted by molar-refractivity contribution is 7.89. The van der Waals surface area contributed by atoms with Crippen molar-refractivity contribution in [1.29, 1.82) is 0 Å². The lowest BCUT2D eigenvalue weighted by atomic mass is 10.1. The zero-order chi connectivity index (χ0) is 24.5. The van der Waals surface area contributed by atoms with Crippen molar-refractivity contribution in [3.05, 3.63) is 104 Å². The van der Waals surface area contributed by atoms with Gasteiger partial charge in [-0.05, 0) is 61.4 Å². The number of aromatic nitrogens is 2. The summed E-state index contributed by atoms with van der Waals surface area (Å²) in [6, 6.07) is 17.6. The van der Waals surface area contributed by atoms with Crippen LogP contribution in [0.25, 0.3) is 16.6 Å². The molecule has 1 aromatic heterocycles. The molecule has 0 saturated heterocycles. The van der Waals surface area contributed by atoms with Crippen molar-refractivity contribution in [1.82, 2.24) is 14.9 Å². The summed E-state index contributed by atoms with van der Waals surface area (Å²) in [5.41, 5.74) is 1.78. The number of hydrogen-bond donors (Lipinski definition) is 3. The molecule has 0 bridgehead atoms. The summed E-state index contributed by atoms with van der Waals surface area (Å²) in [5, 5.41) is 8.14. The number of sulfonamides is 1. The van der Waals surface area contributed by atoms with Crippen LogP contribution >= 0.6 is 0 Å². The van der Waals surface area contributed by atoms with Gasteiger partial charge in [0, 0.05) is 12.1 Å². The number of primary sulfonamides is 1. The van der Waals surface area contributed by atoms with Crippen LogP contribution in [0.3, 0.4) is 0 Å². The van der Waals surface area contributed by atoms with Crippen molar-refractivity contribution >= 4 is 26.8 Å². The molecule has 4 N–H and O–H groups in total. The second-order valence-electron chi connectivity index (χ2n) is 7.86. The number of nitrogens with zero attached hydrogens (tertiary/aromatic N) is 1. The number of benzene rings is 3. The third-order valence-corrected chi connectivity index (χ3v) is 6.33. The Morgan fingerprint density at radius 1 is 1.00 bits per heavy atom. The van der Waals surface area contributed by atoms with Crippen LogP contribution in [0.5, 0.6) is 0 Å². The Kier molecular flexibility index (Phi) is 6.18. The van der Waals surface area contributed by atoms with Crippen LogP contribution in [0.15, 0.2) is 81.2 Å². The molecule has 174 valence electrons. The number of aryl methyl sites for hydroxylation is 1. The predicted octanol–water partition coefficient (Wildman–Crippen LogP) is 1.61. The topological polar surface area (TPSA) is 144 Å². The first kappa shape index (κ1) is 23.1. The molecule has 0 spiro atoms. The molecule has 0 unspecified atom stereocenters. The van der Waals surface area contributed by atoms with Gasteiger partial charge in [0.25, 0.3) is 11.5 Å². The van der Waals surface area contributed by atoms with Gasteiger partial charge in [-0.1, -0.05) is 29.8 Å². The van der Waals surface area contributed by atoms with E-state index in [0.29, 0.717) is 24.2 Å². The van der Waals surface area contributed by atoms with E-state index in [9.17, 15) is 22.8 Å². The molecule has 1 heterocycles. The molecule has 0 radical (unpaired) electrons. The van der Waals surface area contributed by atoms with Gasteiger partial charge in [0.1, 0.15) is 0 Å². The molecule has 0 aliphatic heterocycles. The second-order valence-corrected chi connectivity index (χ2v) is 9.42. The number of hydrogen-bond acceptors (Lipinski definition) is 5. The van der Waals surface area contributed by atoms with Crippen LogP contribution in [-0.2, 0) is 16.4 Å². The Morgan fingerprint density at radius 3 is 2.32 bits per heavy atom. The van der Waals surface area contributed by atoms with E-state index in [1.165, 1.54) is 30.3 Å². The van der Waals surface area contributed by atoms with E-state index in [4.69, 9.17) is 5.14 Å².